The van der Waals surface area contributed by atoms with Gasteiger partial charge in [-0.05, 0) is 122 Å². The zero-order valence-corrected chi connectivity index (χ0v) is 50.1. The first-order chi connectivity index (χ1) is 38.5. The van der Waals surface area contributed by atoms with E-state index < -0.39 is 6.10 Å². The van der Waals surface area contributed by atoms with Crippen molar-refractivity contribution in [2.24, 2.45) is 0 Å². The SMILES string of the molecule is CC/C=C\C/C=C\C/C=C\C/C=C\C/C=C\C/C=C\C/C=C\C/C=C\C/C=C\CCCC(=O)OCC(COC(=O)CCCCCCCCCCCC)OC(=O)CCCCCCCCCC/C=C\C/C=C\C/C=C\C/C=C\CC. The molecule has 6 nitrogen and oxygen atoms in total. The molecule has 0 amide bonds. The monoisotopic (exact) mass is 1070 g/mol. The molecule has 1 unspecified atom stereocenters. The molecule has 0 spiro atoms. The summed E-state index contributed by atoms with van der Waals surface area (Å²) in [7, 11) is 0. The van der Waals surface area contributed by atoms with Crippen LogP contribution in [-0.2, 0) is 28.6 Å². The van der Waals surface area contributed by atoms with Crippen molar-refractivity contribution in [3.63, 3.8) is 0 Å². The number of ether oxygens (including phenoxy) is 3. The predicted octanol–water partition coefficient (Wildman–Crippen LogP) is 21.7. The highest BCUT2D eigenvalue weighted by molar-refractivity contribution is 5.71. The zero-order chi connectivity index (χ0) is 56.4. The maximum atomic E-state index is 12.9. The van der Waals surface area contributed by atoms with Crippen molar-refractivity contribution < 1.29 is 28.6 Å². The van der Waals surface area contributed by atoms with E-state index >= 15 is 0 Å². The van der Waals surface area contributed by atoms with E-state index in [2.05, 4.69) is 179 Å². The van der Waals surface area contributed by atoms with Crippen molar-refractivity contribution in [2.75, 3.05) is 13.2 Å². The maximum Gasteiger partial charge on any atom is 0.306 e. The Labute approximate surface area is 480 Å². The normalized spacial score (nSPS) is 13.2. The number of rotatable bonds is 55. The molecule has 0 heterocycles. The van der Waals surface area contributed by atoms with Crippen molar-refractivity contribution >= 4 is 17.9 Å². The van der Waals surface area contributed by atoms with Crippen molar-refractivity contribution in [3.8, 4) is 0 Å². The van der Waals surface area contributed by atoms with Crippen LogP contribution in [0.2, 0.25) is 0 Å². The summed E-state index contributed by atoms with van der Waals surface area (Å²) in [6.45, 7) is 6.34. The Morgan fingerprint density at radius 1 is 0.269 bits per heavy atom. The number of hydrogen-bond acceptors (Lipinski definition) is 6. The summed E-state index contributed by atoms with van der Waals surface area (Å²) in [4.78, 5) is 38.2. The second-order valence-electron chi connectivity index (χ2n) is 20.2. The highest BCUT2D eigenvalue weighted by atomic mass is 16.6. The van der Waals surface area contributed by atoms with Gasteiger partial charge < -0.3 is 14.2 Å². The van der Waals surface area contributed by atoms with Crippen molar-refractivity contribution in [1.29, 1.82) is 0 Å². The molecule has 0 rings (SSSR count). The predicted molar refractivity (Wildman–Crippen MR) is 338 cm³/mol. The summed E-state index contributed by atoms with van der Waals surface area (Å²) in [5.41, 5.74) is 0. The minimum absolute atomic E-state index is 0.104. The lowest BCUT2D eigenvalue weighted by Crippen LogP contribution is -2.30. The summed E-state index contributed by atoms with van der Waals surface area (Å²) >= 11 is 0. The Kier molecular flexibility index (Phi) is 60.4. The molecule has 1 atom stereocenters. The van der Waals surface area contributed by atoms with E-state index in [1.54, 1.807) is 0 Å². The standard InChI is InChI=1S/C72H114O6/c1-4-7-10-13-16-19-22-24-26-28-30-32-33-34-35-36-37-38-39-41-42-44-46-48-50-53-56-59-62-65-71(74)77-68-69(67-76-70(73)64-61-58-55-52-21-18-15-12-9-6-3)78-72(75)66-63-60-57-54-51-49-47-45-43-40-31-29-27-25-23-20-17-14-11-8-5-2/h7-8,10-11,16-17,19-20,24-27,30-32,34-35,37-38,40-42,46,48,53,56,69H,4-6,9,12-15,18,21-23,28-29,33,36,39,43-45,47,49-52,54-55,57-68H2,1-3H3/b10-7-,11-8-,19-16-,20-17-,26-24-,27-25-,32-30-,35-34-,38-37-,40-31-,42-41-,48-46-,56-53-. The fraction of sp³-hybridized carbons (Fsp3) is 0.597. The van der Waals surface area contributed by atoms with E-state index in [0.717, 1.165) is 135 Å². The molecule has 78 heavy (non-hydrogen) atoms. The van der Waals surface area contributed by atoms with Gasteiger partial charge in [-0.3, -0.25) is 14.4 Å². The molecule has 0 N–H and O–H groups in total. The van der Waals surface area contributed by atoms with E-state index in [-0.39, 0.29) is 37.5 Å². The van der Waals surface area contributed by atoms with Crippen molar-refractivity contribution in [1.82, 2.24) is 0 Å². The molecule has 0 aliphatic carbocycles. The van der Waals surface area contributed by atoms with E-state index in [9.17, 15) is 14.4 Å². The molecular weight excluding hydrogens is 961 g/mol. The van der Waals surface area contributed by atoms with Crippen LogP contribution in [-0.4, -0.2) is 37.2 Å². The van der Waals surface area contributed by atoms with E-state index in [4.69, 9.17) is 14.2 Å². The number of carbonyl (C=O) groups is 3. The Morgan fingerprint density at radius 3 is 0.833 bits per heavy atom. The first-order valence-electron chi connectivity index (χ1n) is 31.5. The molecule has 6 heteroatoms. The molecule has 0 saturated heterocycles. The molecule has 0 saturated carbocycles. The van der Waals surface area contributed by atoms with E-state index in [1.807, 2.05) is 0 Å². The lowest BCUT2D eigenvalue weighted by atomic mass is 10.1. The topological polar surface area (TPSA) is 78.9 Å². The molecule has 0 aromatic heterocycles. The molecule has 0 aliphatic heterocycles. The third-order valence-corrected chi connectivity index (χ3v) is 12.8. The quantitative estimate of drug-likeness (QED) is 0.0261. The Bertz CT molecular complexity index is 1760. The number of carbonyl (C=O) groups excluding carboxylic acids is 3. The summed E-state index contributed by atoms with van der Waals surface area (Å²) < 4.78 is 16.8. The first-order valence-corrected chi connectivity index (χ1v) is 31.5. The van der Waals surface area contributed by atoms with Crippen LogP contribution in [0.5, 0.6) is 0 Å². The zero-order valence-electron chi connectivity index (χ0n) is 50.1. The number of allylic oxidation sites excluding steroid dienone is 26. The number of hydrogen-bond donors (Lipinski definition) is 0. The van der Waals surface area contributed by atoms with Crippen LogP contribution >= 0.6 is 0 Å². The lowest BCUT2D eigenvalue weighted by molar-refractivity contribution is -0.167. The molecular formula is C72H114O6. The van der Waals surface area contributed by atoms with E-state index in [1.165, 1.54) is 77.0 Å². The second kappa shape index (κ2) is 64.6. The average Bonchev–Trinajstić information content (AvgIpc) is 3.44. The Morgan fingerprint density at radius 2 is 0.513 bits per heavy atom. The summed E-state index contributed by atoms with van der Waals surface area (Å²) in [6, 6.07) is 0. The van der Waals surface area contributed by atoms with Crippen molar-refractivity contribution in [3.05, 3.63) is 158 Å². The largest absolute Gasteiger partial charge is 0.462 e. The van der Waals surface area contributed by atoms with Gasteiger partial charge in [0, 0.05) is 19.3 Å². The summed E-state index contributed by atoms with van der Waals surface area (Å²) in [6.07, 6.45) is 94.0. The smallest absolute Gasteiger partial charge is 0.306 e. The van der Waals surface area contributed by atoms with Crippen LogP contribution in [0.25, 0.3) is 0 Å². The second-order valence-corrected chi connectivity index (χ2v) is 20.2. The molecule has 0 fully saturated rings. The van der Waals surface area contributed by atoms with Crippen LogP contribution in [0.3, 0.4) is 0 Å². The van der Waals surface area contributed by atoms with Gasteiger partial charge in [-0.1, -0.05) is 275 Å². The van der Waals surface area contributed by atoms with Gasteiger partial charge in [0.25, 0.3) is 0 Å². The van der Waals surface area contributed by atoms with Crippen LogP contribution in [0.1, 0.15) is 258 Å². The van der Waals surface area contributed by atoms with Gasteiger partial charge in [0.05, 0.1) is 0 Å². The molecule has 0 radical (unpaired) electrons. The van der Waals surface area contributed by atoms with Crippen LogP contribution in [0.4, 0.5) is 0 Å². The maximum absolute atomic E-state index is 12.9. The van der Waals surface area contributed by atoms with Gasteiger partial charge >= 0.3 is 17.9 Å². The van der Waals surface area contributed by atoms with Gasteiger partial charge in [-0.15, -0.1) is 0 Å². The number of unbranched alkanes of at least 4 members (excludes halogenated alkanes) is 18. The molecule has 0 aromatic carbocycles. The fourth-order valence-electron chi connectivity index (χ4n) is 8.14. The molecule has 0 aliphatic rings. The third-order valence-electron chi connectivity index (χ3n) is 12.8. The Hall–Kier alpha value is -4.97. The van der Waals surface area contributed by atoms with E-state index in [0.29, 0.717) is 19.3 Å². The van der Waals surface area contributed by atoms with Crippen LogP contribution in [0, 0.1) is 0 Å². The minimum Gasteiger partial charge on any atom is -0.462 e. The first kappa shape index (κ1) is 73.0. The third kappa shape index (κ3) is 61.9. The highest BCUT2D eigenvalue weighted by Crippen LogP contribution is 2.14. The fourth-order valence-corrected chi connectivity index (χ4v) is 8.14. The van der Waals surface area contributed by atoms with Crippen molar-refractivity contribution in [2.45, 2.75) is 264 Å². The minimum atomic E-state index is -0.812. The summed E-state index contributed by atoms with van der Waals surface area (Å²) in [5.74, 6) is -0.980. The molecule has 0 aromatic rings. The van der Waals surface area contributed by atoms with Gasteiger partial charge in [-0.2, -0.15) is 0 Å². The average molecular weight is 1080 g/mol. The highest BCUT2D eigenvalue weighted by Gasteiger charge is 2.19. The molecule has 438 valence electrons. The van der Waals surface area contributed by atoms with Gasteiger partial charge in [0.1, 0.15) is 13.2 Å². The van der Waals surface area contributed by atoms with Gasteiger partial charge in [0.2, 0.25) is 0 Å². The molecule has 0 bridgehead atoms. The van der Waals surface area contributed by atoms with Gasteiger partial charge in [-0.25, -0.2) is 0 Å². The summed E-state index contributed by atoms with van der Waals surface area (Å²) in [5, 5.41) is 0. The Balaban J connectivity index is 4.41. The lowest BCUT2D eigenvalue weighted by Gasteiger charge is -2.18. The van der Waals surface area contributed by atoms with Crippen LogP contribution in [0.15, 0.2) is 158 Å². The van der Waals surface area contributed by atoms with Crippen LogP contribution < -0.4 is 0 Å². The number of esters is 3. The van der Waals surface area contributed by atoms with Gasteiger partial charge in [0.15, 0.2) is 6.10 Å².